The normalized spacial score (nSPS) is 19.6. The number of hydrogen-bond acceptors (Lipinski definition) is 8. The number of amides is 1. The SMILES string of the molecule is CCCCC/C=C\C/C=C\CCCCCCCCCC(=O)NC(COC1OC(CO)C(O)C(O)C1O)C(O)/C=C/CC/C=C/CCCCCCCCCCCCCCCCCCCCCCCCCCC. The Morgan fingerprint density at radius 2 is 0.845 bits per heavy atom. The smallest absolute Gasteiger partial charge is 0.220 e. The highest BCUT2D eigenvalue weighted by Crippen LogP contribution is 2.23. The highest BCUT2D eigenvalue weighted by Gasteiger charge is 2.44. The number of ether oxygens (including phenoxy) is 2. The predicted octanol–water partition coefficient (Wildman–Crippen LogP) is 15.3. The summed E-state index contributed by atoms with van der Waals surface area (Å²) in [5.41, 5.74) is 0. The first-order valence-corrected chi connectivity index (χ1v) is 30.4. The molecule has 9 heteroatoms. The molecule has 1 fully saturated rings. The number of carbonyl (C=O) groups excluding carboxylic acids is 1. The molecule has 1 saturated heterocycles. The van der Waals surface area contributed by atoms with Gasteiger partial charge < -0.3 is 40.3 Å². The van der Waals surface area contributed by atoms with Crippen molar-refractivity contribution in [3.63, 3.8) is 0 Å². The quantitative estimate of drug-likeness (QED) is 0.0261. The molecule has 9 nitrogen and oxygen atoms in total. The summed E-state index contributed by atoms with van der Waals surface area (Å²) >= 11 is 0. The Labute approximate surface area is 437 Å². The summed E-state index contributed by atoms with van der Waals surface area (Å²) in [5, 5.41) is 54.5. The lowest BCUT2D eigenvalue weighted by atomic mass is 9.99. The Morgan fingerprint density at radius 3 is 1.30 bits per heavy atom. The van der Waals surface area contributed by atoms with E-state index in [1.54, 1.807) is 6.08 Å². The molecule has 416 valence electrons. The number of carbonyl (C=O) groups is 1. The second kappa shape index (κ2) is 51.6. The summed E-state index contributed by atoms with van der Waals surface area (Å²) in [6.07, 6.45) is 62.0. The van der Waals surface area contributed by atoms with Gasteiger partial charge in [0.15, 0.2) is 6.29 Å². The molecule has 71 heavy (non-hydrogen) atoms. The van der Waals surface area contributed by atoms with Crippen molar-refractivity contribution in [3.8, 4) is 0 Å². The number of nitrogens with one attached hydrogen (secondary N) is 1. The number of allylic oxidation sites excluding steroid dienone is 7. The van der Waals surface area contributed by atoms with Crippen molar-refractivity contribution in [2.75, 3.05) is 13.2 Å². The molecule has 0 aromatic carbocycles. The van der Waals surface area contributed by atoms with E-state index in [2.05, 4.69) is 55.6 Å². The van der Waals surface area contributed by atoms with E-state index in [1.165, 1.54) is 205 Å². The zero-order chi connectivity index (χ0) is 51.5. The van der Waals surface area contributed by atoms with Crippen molar-refractivity contribution in [1.82, 2.24) is 5.32 Å². The molecule has 0 aliphatic carbocycles. The Bertz CT molecular complexity index is 1250. The standard InChI is InChI=1S/C62H115NO8/c1-3-5-7-9-11-13-15-17-19-21-22-23-24-25-26-27-28-29-30-31-32-33-34-36-37-39-41-43-45-47-49-51-56(65)55(54-70-62-61(69)60(68)59(67)57(53-64)71-62)63-58(66)52-50-48-46-44-42-40-38-35-20-18-16-14-12-10-8-6-4-2/h12,14,18,20,41,43,49,51,55-57,59-62,64-65,67-69H,3-11,13,15-17,19,21-40,42,44-48,50,52-54H2,1-2H3,(H,63,66)/b14-12-,20-18-,43-41+,51-49+. The van der Waals surface area contributed by atoms with Crippen LogP contribution in [0.4, 0.5) is 0 Å². The van der Waals surface area contributed by atoms with E-state index in [4.69, 9.17) is 9.47 Å². The Hall–Kier alpha value is -1.85. The third-order valence-corrected chi connectivity index (χ3v) is 14.4. The minimum Gasteiger partial charge on any atom is -0.394 e. The summed E-state index contributed by atoms with van der Waals surface area (Å²) in [6, 6.07) is -0.828. The summed E-state index contributed by atoms with van der Waals surface area (Å²) in [6.45, 7) is 3.76. The first-order valence-electron chi connectivity index (χ1n) is 30.4. The topological polar surface area (TPSA) is 149 Å². The van der Waals surface area contributed by atoms with Crippen LogP contribution in [0.1, 0.15) is 284 Å². The summed E-state index contributed by atoms with van der Waals surface area (Å²) in [5.74, 6) is -0.193. The van der Waals surface area contributed by atoms with Crippen LogP contribution in [0, 0.1) is 0 Å². The fourth-order valence-electron chi connectivity index (χ4n) is 9.56. The Kier molecular flexibility index (Phi) is 48.8. The molecule has 1 aliphatic rings. The fraction of sp³-hybridized carbons (Fsp3) is 0.855. The van der Waals surface area contributed by atoms with E-state index in [0.717, 1.165) is 57.8 Å². The first-order chi connectivity index (χ1) is 34.8. The molecule has 7 unspecified atom stereocenters. The zero-order valence-electron chi connectivity index (χ0n) is 46.2. The third-order valence-electron chi connectivity index (χ3n) is 14.4. The maximum Gasteiger partial charge on any atom is 0.220 e. The van der Waals surface area contributed by atoms with Crippen molar-refractivity contribution < 1.29 is 39.8 Å². The van der Waals surface area contributed by atoms with Gasteiger partial charge in [-0.05, 0) is 64.2 Å². The van der Waals surface area contributed by atoms with Crippen molar-refractivity contribution in [2.24, 2.45) is 0 Å². The van der Waals surface area contributed by atoms with E-state index < -0.39 is 49.5 Å². The van der Waals surface area contributed by atoms with Gasteiger partial charge in [-0.2, -0.15) is 0 Å². The van der Waals surface area contributed by atoms with Gasteiger partial charge in [-0.1, -0.05) is 262 Å². The molecular weight excluding hydrogens is 887 g/mol. The molecule has 0 aromatic heterocycles. The van der Waals surface area contributed by atoms with E-state index in [0.29, 0.717) is 6.42 Å². The Morgan fingerprint density at radius 1 is 0.479 bits per heavy atom. The average Bonchev–Trinajstić information content (AvgIpc) is 3.37. The maximum atomic E-state index is 13.0. The van der Waals surface area contributed by atoms with E-state index in [1.807, 2.05) is 6.08 Å². The lowest BCUT2D eigenvalue weighted by Gasteiger charge is -2.40. The molecular formula is C62H115NO8. The lowest BCUT2D eigenvalue weighted by Crippen LogP contribution is -2.60. The van der Waals surface area contributed by atoms with Crippen molar-refractivity contribution in [1.29, 1.82) is 0 Å². The van der Waals surface area contributed by atoms with Gasteiger partial charge >= 0.3 is 0 Å². The number of aliphatic hydroxyl groups excluding tert-OH is 5. The summed E-state index contributed by atoms with van der Waals surface area (Å²) in [7, 11) is 0. The highest BCUT2D eigenvalue weighted by molar-refractivity contribution is 5.76. The van der Waals surface area contributed by atoms with Crippen LogP contribution in [0.5, 0.6) is 0 Å². The van der Waals surface area contributed by atoms with Crippen LogP contribution in [-0.4, -0.2) is 87.5 Å². The van der Waals surface area contributed by atoms with Gasteiger partial charge in [0.2, 0.25) is 5.91 Å². The summed E-state index contributed by atoms with van der Waals surface area (Å²) < 4.78 is 11.3. The van der Waals surface area contributed by atoms with E-state index >= 15 is 0 Å². The molecule has 7 atom stereocenters. The molecule has 1 heterocycles. The van der Waals surface area contributed by atoms with E-state index in [9.17, 15) is 30.3 Å². The van der Waals surface area contributed by atoms with Crippen LogP contribution in [0.25, 0.3) is 0 Å². The van der Waals surface area contributed by atoms with Gasteiger partial charge in [0, 0.05) is 6.42 Å². The number of rotatable bonds is 52. The molecule has 0 radical (unpaired) electrons. The predicted molar refractivity (Wildman–Crippen MR) is 299 cm³/mol. The zero-order valence-corrected chi connectivity index (χ0v) is 46.2. The minimum atomic E-state index is -1.57. The van der Waals surface area contributed by atoms with Gasteiger partial charge in [-0.15, -0.1) is 0 Å². The molecule has 0 saturated carbocycles. The lowest BCUT2D eigenvalue weighted by molar-refractivity contribution is -0.302. The van der Waals surface area contributed by atoms with Gasteiger partial charge in [0.1, 0.15) is 24.4 Å². The number of unbranched alkanes of at least 4 members (excludes halogenated alkanes) is 36. The molecule has 0 bridgehead atoms. The second-order valence-electron chi connectivity index (χ2n) is 21.1. The van der Waals surface area contributed by atoms with Gasteiger partial charge in [-0.25, -0.2) is 0 Å². The van der Waals surface area contributed by atoms with Crippen LogP contribution >= 0.6 is 0 Å². The molecule has 6 N–H and O–H groups in total. The molecule has 1 rings (SSSR count). The highest BCUT2D eigenvalue weighted by atomic mass is 16.7. The van der Waals surface area contributed by atoms with Crippen LogP contribution in [-0.2, 0) is 14.3 Å². The minimum absolute atomic E-state index is 0.193. The number of hydrogen-bond donors (Lipinski definition) is 6. The van der Waals surface area contributed by atoms with Crippen LogP contribution in [0.3, 0.4) is 0 Å². The maximum absolute atomic E-state index is 13.0. The van der Waals surface area contributed by atoms with Crippen LogP contribution in [0.15, 0.2) is 48.6 Å². The third kappa shape index (κ3) is 41.1. The Balaban J connectivity index is 2.19. The van der Waals surface area contributed by atoms with Crippen LogP contribution in [0.2, 0.25) is 0 Å². The molecule has 1 amide bonds. The monoisotopic (exact) mass is 1000 g/mol. The summed E-state index contributed by atoms with van der Waals surface area (Å²) in [4.78, 5) is 13.0. The second-order valence-corrected chi connectivity index (χ2v) is 21.1. The van der Waals surface area contributed by atoms with Crippen molar-refractivity contribution in [2.45, 2.75) is 326 Å². The van der Waals surface area contributed by atoms with E-state index in [-0.39, 0.29) is 12.5 Å². The number of aliphatic hydroxyl groups is 5. The largest absolute Gasteiger partial charge is 0.394 e. The molecule has 0 spiro atoms. The fourth-order valence-corrected chi connectivity index (χ4v) is 9.56. The van der Waals surface area contributed by atoms with Crippen molar-refractivity contribution in [3.05, 3.63) is 48.6 Å². The molecule has 1 aliphatic heterocycles. The van der Waals surface area contributed by atoms with Gasteiger partial charge in [0.25, 0.3) is 0 Å². The first kappa shape index (κ1) is 67.2. The van der Waals surface area contributed by atoms with Gasteiger partial charge in [0.05, 0.1) is 25.4 Å². The van der Waals surface area contributed by atoms with Crippen molar-refractivity contribution >= 4 is 5.91 Å². The molecule has 0 aromatic rings. The van der Waals surface area contributed by atoms with Crippen LogP contribution < -0.4 is 5.32 Å². The average molecular weight is 1000 g/mol. The van der Waals surface area contributed by atoms with Gasteiger partial charge in [-0.3, -0.25) is 4.79 Å².